The summed E-state index contributed by atoms with van der Waals surface area (Å²) in [4.78, 5) is 31.6. The Morgan fingerprint density at radius 2 is 1.37 bits per heavy atom. The molecule has 0 aromatic heterocycles. The maximum absolute atomic E-state index is 15.8. The maximum Gasteiger partial charge on any atom is 0.266 e. The normalized spacial score (nSPS) is 24.0. The highest BCUT2D eigenvalue weighted by atomic mass is 33.1. The number of hydrogen-bond donors (Lipinski definition) is 0. The van der Waals surface area contributed by atoms with E-state index in [1.165, 1.54) is 59.6 Å². The van der Waals surface area contributed by atoms with Gasteiger partial charge in [0.1, 0.15) is 17.7 Å². The van der Waals surface area contributed by atoms with Crippen LogP contribution in [0.4, 0.5) is 10.1 Å². The molecule has 0 saturated carbocycles. The molecule has 0 radical (unpaired) electrons. The minimum atomic E-state index is -4.33. The fourth-order valence-electron chi connectivity index (χ4n) is 8.09. The Balaban J connectivity index is 1.32. The summed E-state index contributed by atoms with van der Waals surface area (Å²) in [6.07, 6.45) is -1.08. The van der Waals surface area contributed by atoms with Gasteiger partial charge in [-0.15, -0.1) is 0 Å². The van der Waals surface area contributed by atoms with Gasteiger partial charge in [-0.05, 0) is 78.6 Å². The SMILES string of the molecule is COc1ccc([C@]23C[C@]4(SSCc5ccc(F)cc5)C(=O)N(C)[C@@](C)(SSCc5ccc(C)cc5)C(=O)N4[C@H]2N(S(=O)(=O)c2ccccc2)c2ccccc23)cc1. The van der Waals surface area contributed by atoms with Crippen molar-refractivity contribution in [1.82, 2.24) is 9.80 Å². The number of carbonyl (C=O) groups excluding carboxylic acids is 2. The number of rotatable bonds is 12. The Bertz CT molecular complexity index is 2420. The molecule has 0 unspecified atom stereocenters. The van der Waals surface area contributed by atoms with Crippen LogP contribution in [0.2, 0.25) is 0 Å². The molecule has 8 rings (SSSR count). The minimum absolute atomic E-state index is 0.0693. The molecule has 0 spiro atoms. The molecule has 294 valence electrons. The van der Waals surface area contributed by atoms with Gasteiger partial charge in [0.25, 0.3) is 21.8 Å². The van der Waals surface area contributed by atoms with Crippen LogP contribution in [0.5, 0.6) is 5.75 Å². The van der Waals surface area contributed by atoms with Crippen LogP contribution in [-0.4, -0.2) is 60.1 Å². The third kappa shape index (κ3) is 6.52. The Labute approximate surface area is 348 Å². The number of hydrogen-bond acceptors (Lipinski definition) is 9. The molecule has 14 heteroatoms. The average Bonchev–Trinajstić information content (AvgIpc) is 3.69. The van der Waals surface area contributed by atoms with Crippen LogP contribution in [0.1, 0.15) is 41.2 Å². The van der Waals surface area contributed by atoms with E-state index in [9.17, 15) is 4.39 Å². The van der Waals surface area contributed by atoms with Crippen LogP contribution < -0.4 is 9.04 Å². The fourth-order valence-corrected chi connectivity index (χ4v) is 15.7. The van der Waals surface area contributed by atoms with Crippen LogP contribution in [-0.2, 0) is 36.5 Å². The largest absolute Gasteiger partial charge is 0.497 e. The van der Waals surface area contributed by atoms with E-state index in [0.717, 1.165) is 22.3 Å². The zero-order chi connectivity index (χ0) is 40.2. The molecule has 0 aliphatic carbocycles. The summed E-state index contributed by atoms with van der Waals surface area (Å²) in [6.45, 7) is 3.78. The molecule has 0 bridgehead atoms. The summed E-state index contributed by atoms with van der Waals surface area (Å²) >= 11 is 0. The number of fused-ring (bicyclic) bond motifs is 5. The Hall–Kier alpha value is -4.08. The van der Waals surface area contributed by atoms with Gasteiger partial charge in [-0.1, -0.05) is 134 Å². The molecule has 5 aromatic rings. The lowest BCUT2D eigenvalue weighted by molar-refractivity contribution is -0.163. The van der Waals surface area contributed by atoms with Gasteiger partial charge in [-0.3, -0.25) is 14.5 Å². The first-order valence-electron chi connectivity index (χ1n) is 18.2. The molecule has 0 N–H and O–H groups in total. The molecule has 2 fully saturated rings. The Morgan fingerprint density at radius 1 is 0.772 bits per heavy atom. The highest BCUT2D eigenvalue weighted by molar-refractivity contribution is 8.77. The van der Waals surface area contributed by atoms with E-state index in [1.807, 2.05) is 55.5 Å². The molecule has 5 aromatic carbocycles. The van der Waals surface area contributed by atoms with Crippen molar-refractivity contribution in [3.05, 3.63) is 161 Å². The number of para-hydroxylation sites is 1. The first-order valence-corrected chi connectivity index (χ1v) is 24.3. The fraction of sp³-hybridized carbons (Fsp3) is 0.256. The molecule has 3 aliphatic heterocycles. The number of nitrogens with zero attached hydrogens (tertiary/aromatic N) is 3. The summed E-state index contributed by atoms with van der Waals surface area (Å²) in [5.74, 6) is 0.582. The van der Waals surface area contributed by atoms with Crippen LogP contribution in [0, 0.1) is 12.7 Å². The molecule has 3 aliphatic rings. The summed E-state index contributed by atoms with van der Waals surface area (Å²) in [6, 6.07) is 37.4. The van der Waals surface area contributed by atoms with E-state index in [1.54, 1.807) is 85.5 Å². The molecule has 3 heterocycles. The van der Waals surface area contributed by atoms with Gasteiger partial charge in [0.15, 0.2) is 9.74 Å². The van der Waals surface area contributed by atoms with Gasteiger partial charge in [-0.2, -0.15) is 0 Å². The van der Waals surface area contributed by atoms with Crippen LogP contribution in [0.25, 0.3) is 0 Å². The molecular weight excluding hydrogens is 818 g/mol. The van der Waals surface area contributed by atoms with E-state index in [2.05, 4.69) is 12.1 Å². The average molecular weight is 858 g/mol. The summed E-state index contributed by atoms with van der Waals surface area (Å²) < 4.78 is 51.2. The van der Waals surface area contributed by atoms with Crippen molar-refractivity contribution in [2.75, 3.05) is 18.5 Å². The third-order valence-electron chi connectivity index (χ3n) is 11.1. The predicted molar refractivity (Wildman–Crippen MR) is 231 cm³/mol. The minimum Gasteiger partial charge on any atom is -0.497 e. The Kier molecular flexibility index (Phi) is 10.6. The van der Waals surface area contributed by atoms with E-state index < -0.39 is 31.3 Å². The number of sulfonamides is 1. The first kappa shape index (κ1) is 39.7. The van der Waals surface area contributed by atoms with Crippen molar-refractivity contribution in [2.45, 2.75) is 58.0 Å². The van der Waals surface area contributed by atoms with Crippen LogP contribution >= 0.6 is 43.2 Å². The van der Waals surface area contributed by atoms with Gasteiger partial charge >= 0.3 is 0 Å². The molecule has 8 nitrogen and oxygen atoms in total. The van der Waals surface area contributed by atoms with E-state index in [-0.39, 0.29) is 28.9 Å². The number of halogens is 1. The molecule has 57 heavy (non-hydrogen) atoms. The Morgan fingerprint density at radius 3 is 2.02 bits per heavy atom. The third-order valence-corrected chi connectivity index (χ3v) is 18.8. The van der Waals surface area contributed by atoms with Crippen molar-refractivity contribution < 1.29 is 27.1 Å². The monoisotopic (exact) mass is 857 g/mol. The number of methoxy groups -OCH3 is 1. The first-order chi connectivity index (χ1) is 27.4. The number of aryl methyl sites for hydroxylation is 1. The molecule has 2 saturated heterocycles. The number of anilines is 1. The zero-order valence-corrected chi connectivity index (χ0v) is 35.7. The molecule has 4 atom stereocenters. The highest BCUT2D eigenvalue weighted by Crippen LogP contribution is 2.68. The van der Waals surface area contributed by atoms with Crippen LogP contribution in [0.15, 0.2) is 132 Å². The smallest absolute Gasteiger partial charge is 0.266 e. The van der Waals surface area contributed by atoms with E-state index in [4.69, 9.17) is 4.74 Å². The second kappa shape index (κ2) is 15.3. The number of carbonyl (C=O) groups is 2. The lowest BCUT2D eigenvalue weighted by Gasteiger charge is -2.53. The lowest BCUT2D eigenvalue weighted by Crippen LogP contribution is -2.73. The topological polar surface area (TPSA) is 87.2 Å². The summed E-state index contributed by atoms with van der Waals surface area (Å²) in [5.41, 5.74) is 3.76. The number of likely N-dealkylation sites (N-methyl/N-ethyl adjacent to an activating group) is 1. The van der Waals surface area contributed by atoms with Crippen molar-refractivity contribution >= 4 is 70.7 Å². The van der Waals surface area contributed by atoms with Crippen molar-refractivity contribution in [1.29, 1.82) is 0 Å². The van der Waals surface area contributed by atoms with Gasteiger partial charge in [0.05, 0.1) is 23.1 Å². The second-order valence-electron chi connectivity index (χ2n) is 14.5. The second-order valence-corrected chi connectivity index (χ2v) is 21.6. The van der Waals surface area contributed by atoms with E-state index >= 15 is 18.0 Å². The van der Waals surface area contributed by atoms with Gasteiger partial charge < -0.3 is 9.64 Å². The van der Waals surface area contributed by atoms with Crippen molar-refractivity contribution in [2.24, 2.45) is 0 Å². The number of benzene rings is 5. The van der Waals surface area contributed by atoms with Crippen LogP contribution in [0.3, 0.4) is 0 Å². The number of amides is 2. The maximum atomic E-state index is 15.8. The predicted octanol–water partition coefficient (Wildman–Crippen LogP) is 9.24. The molecule has 2 amide bonds. The summed E-state index contributed by atoms with van der Waals surface area (Å²) in [5, 5.41) is 0. The van der Waals surface area contributed by atoms with Gasteiger partial charge in [0, 0.05) is 25.0 Å². The van der Waals surface area contributed by atoms with Crippen molar-refractivity contribution in [3.63, 3.8) is 0 Å². The van der Waals surface area contributed by atoms with Crippen molar-refractivity contribution in [3.8, 4) is 5.75 Å². The van der Waals surface area contributed by atoms with Gasteiger partial charge in [0.2, 0.25) is 0 Å². The number of piperazine rings is 1. The lowest BCUT2D eigenvalue weighted by atomic mass is 9.72. The summed E-state index contributed by atoms with van der Waals surface area (Å²) in [7, 11) is 4.36. The standard InChI is InChI=1S/C43H40FN3O5S5/c1-29-14-16-30(17-15-29)26-53-55-41(2)39(48)46-38-42(32-20-24-34(52-4)25-21-32,28-43(46,40(49)45(41)3)56-54-27-31-18-22-33(44)23-19-31)36-12-8-9-13-37(36)47(38)57(50,51)35-10-6-5-7-11-35/h5-25,38H,26-28H2,1-4H3/t38-,41-,42-,43-/m0/s1. The zero-order valence-electron chi connectivity index (χ0n) is 31.6. The quantitative estimate of drug-likeness (QED) is 0.114. The van der Waals surface area contributed by atoms with Gasteiger partial charge in [-0.25, -0.2) is 17.1 Å². The number of ether oxygens (including phenoxy) is 1. The molecular formula is C43H40FN3O5S5. The van der Waals surface area contributed by atoms with E-state index in [0.29, 0.717) is 28.5 Å². The highest BCUT2D eigenvalue weighted by Gasteiger charge is 2.76.